The molecule has 7 nitrogen and oxygen atoms in total. The van der Waals surface area contributed by atoms with E-state index < -0.39 is 0 Å². The van der Waals surface area contributed by atoms with Crippen molar-refractivity contribution in [3.8, 4) is 0 Å². The predicted molar refractivity (Wildman–Crippen MR) is 103 cm³/mol. The number of hydrogen-bond acceptors (Lipinski definition) is 6. The average molecular weight is 355 g/mol. The van der Waals surface area contributed by atoms with Crippen LogP contribution in [0.2, 0.25) is 0 Å². The fourth-order valence-corrected chi connectivity index (χ4v) is 2.70. The lowest BCUT2D eigenvalue weighted by Gasteiger charge is -2.30. The second kappa shape index (κ2) is 8.62. The summed E-state index contributed by atoms with van der Waals surface area (Å²) in [6.45, 7) is 7.16. The second-order valence-electron chi connectivity index (χ2n) is 6.32. The maximum absolute atomic E-state index is 12.6. The molecule has 1 atom stereocenters. The number of benzene rings is 1. The number of rotatable bonds is 6. The maximum Gasteiger partial charge on any atom is 0.258 e. The highest BCUT2D eigenvalue weighted by atomic mass is 16.5. The fourth-order valence-electron chi connectivity index (χ4n) is 2.70. The molecule has 26 heavy (non-hydrogen) atoms. The molecule has 138 valence electrons. The van der Waals surface area contributed by atoms with Gasteiger partial charge >= 0.3 is 0 Å². The number of nitrogens with one attached hydrogen (secondary N) is 2. The van der Waals surface area contributed by atoms with E-state index in [1.54, 1.807) is 12.4 Å². The number of nitrogens with zero attached hydrogens (tertiary/aromatic N) is 3. The molecule has 1 aliphatic rings. The van der Waals surface area contributed by atoms with E-state index in [1.807, 2.05) is 24.3 Å². The molecule has 0 aliphatic carbocycles. The Morgan fingerprint density at radius 2 is 1.92 bits per heavy atom. The summed E-state index contributed by atoms with van der Waals surface area (Å²) in [5.41, 5.74) is 2.21. The lowest BCUT2D eigenvalue weighted by molar-refractivity contribution is 0.102. The summed E-state index contributed by atoms with van der Waals surface area (Å²) in [6.07, 6.45) is 4.07. The van der Waals surface area contributed by atoms with Crippen molar-refractivity contribution in [2.24, 2.45) is 0 Å². The van der Waals surface area contributed by atoms with Crippen molar-refractivity contribution in [3.63, 3.8) is 0 Å². The number of amides is 1. The molecule has 0 bridgehead atoms. The number of carbonyl (C=O) groups excluding carboxylic acids is 1. The molecule has 2 N–H and O–H groups in total. The van der Waals surface area contributed by atoms with Gasteiger partial charge in [-0.15, -0.1) is 0 Å². The third kappa shape index (κ3) is 4.49. The summed E-state index contributed by atoms with van der Waals surface area (Å²) in [4.78, 5) is 23.3. The molecule has 7 heteroatoms. The highest BCUT2D eigenvalue weighted by Gasteiger charge is 2.16. The Kier molecular flexibility index (Phi) is 6.01. The number of ether oxygens (including phenoxy) is 1. The molecule has 0 spiro atoms. The van der Waals surface area contributed by atoms with Crippen LogP contribution in [0.15, 0.2) is 36.7 Å². The number of aromatic nitrogens is 2. The van der Waals surface area contributed by atoms with Crippen molar-refractivity contribution in [1.29, 1.82) is 0 Å². The quantitative estimate of drug-likeness (QED) is 0.829. The minimum Gasteiger partial charge on any atom is -0.378 e. The Bertz CT molecular complexity index is 729. The van der Waals surface area contributed by atoms with Gasteiger partial charge in [-0.25, -0.2) is 9.97 Å². The van der Waals surface area contributed by atoms with Crippen molar-refractivity contribution >= 4 is 23.2 Å². The lowest BCUT2D eigenvalue weighted by atomic mass is 10.2. The van der Waals surface area contributed by atoms with E-state index in [0.29, 0.717) is 24.7 Å². The van der Waals surface area contributed by atoms with Crippen molar-refractivity contribution in [3.05, 3.63) is 42.2 Å². The summed E-state index contributed by atoms with van der Waals surface area (Å²) in [6, 6.07) is 8.09. The van der Waals surface area contributed by atoms with E-state index in [2.05, 4.69) is 39.3 Å². The van der Waals surface area contributed by atoms with E-state index in [1.165, 1.54) is 0 Å². The number of para-hydroxylation sites is 2. The molecule has 1 fully saturated rings. The van der Waals surface area contributed by atoms with E-state index in [9.17, 15) is 4.79 Å². The van der Waals surface area contributed by atoms with Crippen LogP contribution in [0.5, 0.6) is 0 Å². The molecule has 1 aromatic heterocycles. The fraction of sp³-hybridized carbons (Fsp3) is 0.421. The van der Waals surface area contributed by atoms with Gasteiger partial charge in [0.15, 0.2) is 0 Å². The summed E-state index contributed by atoms with van der Waals surface area (Å²) >= 11 is 0. The minimum atomic E-state index is -0.221. The van der Waals surface area contributed by atoms with Crippen LogP contribution in [-0.2, 0) is 4.74 Å². The monoisotopic (exact) mass is 355 g/mol. The lowest BCUT2D eigenvalue weighted by Crippen LogP contribution is -2.36. The molecular formula is C19H25N5O2. The second-order valence-corrected chi connectivity index (χ2v) is 6.32. The molecule has 1 amide bonds. The predicted octanol–water partition coefficient (Wildman–Crippen LogP) is 2.78. The molecule has 2 aromatic rings. The average Bonchev–Trinajstić information content (AvgIpc) is 2.69. The van der Waals surface area contributed by atoms with Crippen LogP contribution in [0, 0.1) is 0 Å². The largest absolute Gasteiger partial charge is 0.378 e. The summed E-state index contributed by atoms with van der Waals surface area (Å²) < 4.78 is 5.41. The summed E-state index contributed by atoms with van der Waals surface area (Å²) in [7, 11) is 0. The van der Waals surface area contributed by atoms with Gasteiger partial charge in [-0.05, 0) is 25.5 Å². The zero-order valence-corrected chi connectivity index (χ0v) is 15.2. The topological polar surface area (TPSA) is 79.4 Å². The van der Waals surface area contributed by atoms with Crippen molar-refractivity contribution in [2.45, 2.75) is 26.3 Å². The van der Waals surface area contributed by atoms with Crippen LogP contribution in [-0.4, -0.2) is 48.2 Å². The Hall–Kier alpha value is -2.67. The highest BCUT2D eigenvalue weighted by Crippen LogP contribution is 2.26. The normalized spacial score (nSPS) is 15.4. The van der Waals surface area contributed by atoms with Crippen LogP contribution in [0.25, 0.3) is 0 Å². The Labute approximate surface area is 153 Å². The smallest absolute Gasteiger partial charge is 0.258 e. The molecule has 1 saturated heterocycles. The van der Waals surface area contributed by atoms with Crippen LogP contribution in [0.4, 0.5) is 17.3 Å². The van der Waals surface area contributed by atoms with Gasteiger partial charge in [-0.3, -0.25) is 4.79 Å². The number of anilines is 3. The van der Waals surface area contributed by atoms with Gasteiger partial charge in [0.1, 0.15) is 0 Å². The highest BCUT2D eigenvalue weighted by molar-refractivity contribution is 6.05. The van der Waals surface area contributed by atoms with E-state index >= 15 is 0 Å². The van der Waals surface area contributed by atoms with Gasteiger partial charge in [0.25, 0.3) is 5.91 Å². The first kappa shape index (κ1) is 18.1. The van der Waals surface area contributed by atoms with E-state index in [-0.39, 0.29) is 11.9 Å². The van der Waals surface area contributed by atoms with E-state index in [0.717, 1.165) is 30.9 Å². The summed E-state index contributed by atoms with van der Waals surface area (Å²) in [5, 5.41) is 6.16. The van der Waals surface area contributed by atoms with Gasteiger partial charge in [-0.2, -0.15) is 0 Å². The van der Waals surface area contributed by atoms with E-state index in [4.69, 9.17) is 4.74 Å². The van der Waals surface area contributed by atoms with Gasteiger partial charge in [0.05, 0.1) is 30.2 Å². The number of morpholine rings is 1. The first-order chi connectivity index (χ1) is 12.7. The molecule has 0 saturated carbocycles. The molecule has 2 heterocycles. The van der Waals surface area contributed by atoms with Crippen molar-refractivity contribution in [1.82, 2.24) is 9.97 Å². The molecule has 3 rings (SSSR count). The molecule has 1 aromatic carbocycles. The van der Waals surface area contributed by atoms with Crippen molar-refractivity contribution < 1.29 is 9.53 Å². The van der Waals surface area contributed by atoms with Crippen LogP contribution in [0.3, 0.4) is 0 Å². The zero-order valence-electron chi connectivity index (χ0n) is 15.2. The van der Waals surface area contributed by atoms with Gasteiger partial charge in [0, 0.05) is 31.5 Å². The SMILES string of the molecule is CCC(C)Nc1ncc(C(=O)Nc2ccccc2N2CCOCC2)cn1. The van der Waals surface area contributed by atoms with Gasteiger partial charge in [0.2, 0.25) is 5.95 Å². The molecule has 1 unspecified atom stereocenters. The first-order valence-corrected chi connectivity index (χ1v) is 8.99. The first-order valence-electron chi connectivity index (χ1n) is 8.99. The maximum atomic E-state index is 12.6. The van der Waals surface area contributed by atoms with Crippen LogP contribution in [0.1, 0.15) is 30.6 Å². The number of carbonyl (C=O) groups is 1. The molecule has 1 aliphatic heterocycles. The molecule has 0 radical (unpaired) electrons. The molecular weight excluding hydrogens is 330 g/mol. The minimum absolute atomic E-state index is 0.221. The Morgan fingerprint density at radius 1 is 1.23 bits per heavy atom. The van der Waals surface area contributed by atoms with Gasteiger partial charge < -0.3 is 20.3 Å². The van der Waals surface area contributed by atoms with Crippen LogP contribution >= 0.6 is 0 Å². The third-order valence-electron chi connectivity index (χ3n) is 4.41. The van der Waals surface area contributed by atoms with Crippen molar-refractivity contribution in [2.75, 3.05) is 41.8 Å². The number of hydrogen-bond donors (Lipinski definition) is 2. The third-order valence-corrected chi connectivity index (χ3v) is 4.41. The standard InChI is InChI=1S/C19H25N5O2/c1-3-14(2)22-19-20-12-15(13-21-19)18(25)23-16-6-4-5-7-17(16)24-8-10-26-11-9-24/h4-7,12-14H,3,8-11H2,1-2H3,(H,23,25)(H,20,21,22). The Balaban J connectivity index is 1.70. The van der Waals surface area contributed by atoms with Gasteiger partial charge in [-0.1, -0.05) is 19.1 Å². The zero-order chi connectivity index (χ0) is 18.4. The summed E-state index contributed by atoms with van der Waals surface area (Å²) in [5.74, 6) is 0.311. The van der Waals surface area contributed by atoms with Crippen LogP contribution < -0.4 is 15.5 Å². The Morgan fingerprint density at radius 3 is 2.62 bits per heavy atom.